The molecule has 1 aromatic carbocycles. The van der Waals surface area contributed by atoms with Crippen LogP contribution < -0.4 is 9.47 Å². The van der Waals surface area contributed by atoms with E-state index in [2.05, 4.69) is 0 Å². The van der Waals surface area contributed by atoms with Gasteiger partial charge >= 0.3 is 5.97 Å². The SMILES string of the molecule is C/C=C/c1ccc(OCC(=O)OC(C)C)c(OC)c1. The van der Waals surface area contributed by atoms with E-state index < -0.39 is 5.97 Å². The van der Waals surface area contributed by atoms with Crippen LogP contribution in [0.1, 0.15) is 26.3 Å². The predicted molar refractivity (Wildman–Crippen MR) is 74.4 cm³/mol. The molecular formula is C15H20O4. The minimum Gasteiger partial charge on any atom is -0.493 e. The highest BCUT2D eigenvalue weighted by atomic mass is 16.6. The fraction of sp³-hybridized carbons (Fsp3) is 0.400. The second-order valence-electron chi connectivity index (χ2n) is 4.24. The van der Waals surface area contributed by atoms with E-state index in [1.807, 2.05) is 31.2 Å². The van der Waals surface area contributed by atoms with Gasteiger partial charge < -0.3 is 14.2 Å². The molecule has 0 aromatic heterocycles. The summed E-state index contributed by atoms with van der Waals surface area (Å²) in [7, 11) is 1.56. The lowest BCUT2D eigenvalue weighted by atomic mass is 10.2. The van der Waals surface area contributed by atoms with Crippen LogP contribution in [0.4, 0.5) is 0 Å². The van der Waals surface area contributed by atoms with Crippen molar-refractivity contribution < 1.29 is 19.0 Å². The number of methoxy groups -OCH3 is 1. The van der Waals surface area contributed by atoms with Crippen LogP contribution in [0, 0.1) is 0 Å². The first kappa shape index (κ1) is 15.1. The van der Waals surface area contributed by atoms with Crippen LogP contribution in [0.5, 0.6) is 11.5 Å². The van der Waals surface area contributed by atoms with Crippen LogP contribution in [0.3, 0.4) is 0 Å². The fourth-order valence-electron chi connectivity index (χ4n) is 1.53. The van der Waals surface area contributed by atoms with Gasteiger partial charge in [-0.05, 0) is 38.5 Å². The molecule has 0 radical (unpaired) electrons. The van der Waals surface area contributed by atoms with Gasteiger partial charge in [0.05, 0.1) is 13.2 Å². The fourth-order valence-corrected chi connectivity index (χ4v) is 1.53. The summed E-state index contributed by atoms with van der Waals surface area (Å²) < 4.78 is 15.6. The minimum atomic E-state index is -0.394. The largest absolute Gasteiger partial charge is 0.493 e. The van der Waals surface area contributed by atoms with Gasteiger partial charge in [0.1, 0.15) is 0 Å². The summed E-state index contributed by atoms with van der Waals surface area (Å²) in [4.78, 5) is 11.4. The summed E-state index contributed by atoms with van der Waals surface area (Å²) >= 11 is 0. The maximum atomic E-state index is 11.4. The van der Waals surface area contributed by atoms with E-state index in [0.29, 0.717) is 11.5 Å². The smallest absolute Gasteiger partial charge is 0.344 e. The summed E-state index contributed by atoms with van der Waals surface area (Å²) in [6, 6.07) is 5.52. The topological polar surface area (TPSA) is 44.8 Å². The number of ether oxygens (including phenoxy) is 3. The van der Waals surface area contributed by atoms with Crippen LogP contribution in [0.2, 0.25) is 0 Å². The molecule has 4 nitrogen and oxygen atoms in total. The third-order valence-electron chi connectivity index (χ3n) is 2.26. The molecule has 0 bridgehead atoms. The lowest BCUT2D eigenvalue weighted by molar-refractivity contribution is -0.149. The molecule has 1 rings (SSSR count). The third kappa shape index (κ3) is 5.04. The van der Waals surface area contributed by atoms with Crippen LogP contribution >= 0.6 is 0 Å². The Labute approximate surface area is 114 Å². The quantitative estimate of drug-likeness (QED) is 0.741. The Balaban J connectivity index is 2.70. The van der Waals surface area contributed by atoms with Gasteiger partial charge in [0.25, 0.3) is 0 Å². The van der Waals surface area contributed by atoms with E-state index >= 15 is 0 Å². The second-order valence-corrected chi connectivity index (χ2v) is 4.24. The number of rotatable bonds is 6. The van der Waals surface area contributed by atoms with E-state index in [4.69, 9.17) is 14.2 Å². The Bertz CT molecular complexity index is 449. The average Bonchev–Trinajstić information content (AvgIpc) is 2.36. The van der Waals surface area contributed by atoms with Crippen molar-refractivity contribution in [2.24, 2.45) is 0 Å². The lowest BCUT2D eigenvalue weighted by Crippen LogP contribution is -2.18. The molecule has 0 atom stereocenters. The molecule has 0 N–H and O–H groups in total. The molecule has 104 valence electrons. The van der Waals surface area contributed by atoms with Crippen molar-refractivity contribution in [1.82, 2.24) is 0 Å². The van der Waals surface area contributed by atoms with Crippen molar-refractivity contribution >= 4 is 12.0 Å². The number of carbonyl (C=O) groups is 1. The molecule has 1 aromatic rings. The highest BCUT2D eigenvalue weighted by Gasteiger charge is 2.10. The third-order valence-corrected chi connectivity index (χ3v) is 2.26. The zero-order chi connectivity index (χ0) is 14.3. The predicted octanol–water partition coefficient (Wildman–Crippen LogP) is 3.06. The molecule has 19 heavy (non-hydrogen) atoms. The normalized spacial score (nSPS) is 10.8. The van der Waals surface area contributed by atoms with Gasteiger partial charge in [0, 0.05) is 0 Å². The van der Waals surface area contributed by atoms with Gasteiger partial charge in [0.2, 0.25) is 0 Å². The number of carbonyl (C=O) groups excluding carboxylic acids is 1. The Hall–Kier alpha value is -1.97. The van der Waals surface area contributed by atoms with Gasteiger partial charge in [-0.2, -0.15) is 0 Å². The first-order valence-electron chi connectivity index (χ1n) is 6.19. The monoisotopic (exact) mass is 264 g/mol. The number of hydrogen-bond acceptors (Lipinski definition) is 4. The van der Waals surface area contributed by atoms with Crippen molar-refractivity contribution in [3.63, 3.8) is 0 Å². The zero-order valence-electron chi connectivity index (χ0n) is 11.8. The van der Waals surface area contributed by atoms with Crippen molar-refractivity contribution in [2.45, 2.75) is 26.9 Å². The van der Waals surface area contributed by atoms with E-state index in [0.717, 1.165) is 5.56 Å². The van der Waals surface area contributed by atoms with Gasteiger partial charge in [-0.15, -0.1) is 0 Å². The number of allylic oxidation sites excluding steroid dienone is 1. The molecule has 0 amide bonds. The summed E-state index contributed by atoms with van der Waals surface area (Å²) in [5.74, 6) is 0.721. The standard InChI is InChI=1S/C15H20O4/c1-5-6-12-7-8-13(14(9-12)17-4)18-10-15(16)19-11(2)3/h5-9,11H,10H2,1-4H3/b6-5+. The van der Waals surface area contributed by atoms with Gasteiger partial charge in [-0.25, -0.2) is 4.79 Å². The number of benzene rings is 1. The highest BCUT2D eigenvalue weighted by Crippen LogP contribution is 2.28. The Morgan fingerprint density at radius 3 is 2.63 bits per heavy atom. The average molecular weight is 264 g/mol. The van der Waals surface area contributed by atoms with E-state index in [1.54, 1.807) is 27.0 Å². The Morgan fingerprint density at radius 1 is 1.32 bits per heavy atom. The first-order valence-corrected chi connectivity index (χ1v) is 6.19. The molecule has 0 aliphatic rings. The van der Waals surface area contributed by atoms with Gasteiger partial charge in [-0.3, -0.25) is 0 Å². The summed E-state index contributed by atoms with van der Waals surface area (Å²) in [6.45, 7) is 5.41. The number of hydrogen-bond donors (Lipinski definition) is 0. The number of esters is 1. The van der Waals surface area contributed by atoms with Crippen molar-refractivity contribution in [3.05, 3.63) is 29.8 Å². The van der Waals surface area contributed by atoms with Gasteiger partial charge in [0.15, 0.2) is 18.1 Å². The van der Waals surface area contributed by atoms with Crippen LogP contribution in [-0.2, 0) is 9.53 Å². The van der Waals surface area contributed by atoms with Crippen LogP contribution in [-0.4, -0.2) is 25.8 Å². The van der Waals surface area contributed by atoms with E-state index in [9.17, 15) is 4.79 Å². The maximum absolute atomic E-state index is 11.4. The molecule has 0 aliphatic heterocycles. The zero-order valence-corrected chi connectivity index (χ0v) is 11.8. The molecular weight excluding hydrogens is 244 g/mol. The molecule has 0 fully saturated rings. The molecule has 0 spiro atoms. The maximum Gasteiger partial charge on any atom is 0.344 e. The van der Waals surface area contributed by atoms with Crippen molar-refractivity contribution in [1.29, 1.82) is 0 Å². The Kier molecular flexibility index (Phi) is 5.93. The van der Waals surface area contributed by atoms with E-state index in [1.165, 1.54) is 0 Å². The molecule has 0 saturated carbocycles. The van der Waals surface area contributed by atoms with E-state index in [-0.39, 0.29) is 12.7 Å². The molecule has 0 aliphatic carbocycles. The van der Waals surface area contributed by atoms with Gasteiger partial charge in [-0.1, -0.05) is 18.2 Å². The second kappa shape index (κ2) is 7.46. The molecule has 0 heterocycles. The summed E-state index contributed by atoms with van der Waals surface area (Å²) in [5.41, 5.74) is 1.01. The first-order chi connectivity index (χ1) is 9.06. The summed E-state index contributed by atoms with van der Waals surface area (Å²) in [5, 5.41) is 0. The summed E-state index contributed by atoms with van der Waals surface area (Å²) in [6.07, 6.45) is 3.75. The molecule has 0 unspecified atom stereocenters. The lowest BCUT2D eigenvalue weighted by Gasteiger charge is -2.12. The Morgan fingerprint density at radius 2 is 2.05 bits per heavy atom. The molecule has 0 saturated heterocycles. The van der Waals surface area contributed by atoms with Crippen LogP contribution in [0.25, 0.3) is 6.08 Å². The van der Waals surface area contributed by atoms with Crippen LogP contribution in [0.15, 0.2) is 24.3 Å². The molecule has 4 heteroatoms. The minimum absolute atomic E-state index is 0.127. The van der Waals surface area contributed by atoms with Crippen molar-refractivity contribution in [3.8, 4) is 11.5 Å². The highest BCUT2D eigenvalue weighted by molar-refractivity contribution is 5.71. The van der Waals surface area contributed by atoms with Crippen molar-refractivity contribution in [2.75, 3.05) is 13.7 Å².